The summed E-state index contributed by atoms with van der Waals surface area (Å²) in [5, 5.41) is 10.4. The minimum absolute atomic E-state index is 0.0534. The Labute approximate surface area is 138 Å². The first-order valence-corrected chi connectivity index (χ1v) is 7.54. The van der Waals surface area contributed by atoms with Crippen molar-refractivity contribution in [2.75, 3.05) is 12.4 Å². The fourth-order valence-corrected chi connectivity index (χ4v) is 2.88. The van der Waals surface area contributed by atoms with E-state index in [2.05, 4.69) is 47.5 Å². The van der Waals surface area contributed by atoms with Gasteiger partial charge in [0.15, 0.2) is 0 Å². The molecule has 0 aliphatic heterocycles. The van der Waals surface area contributed by atoms with Crippen LogP contribution in [0.3, 0.4) is 0 Å². The Kier molecular flexibility index (Phi) is 5.32. The van der Waals surface area contributed by atoms with Crippen LogP contribution >= 0.6 is 31.9 Å². The van der Waals surface area contributed by atoms with E-state index in [-0.39, 0.29) is 19.0 Å². The quantitative estimate of drug-likeness (QED) is 0.773. The molecule has 0 saturated carbocycles. The molecule has 7 nitrogen and oxygen atoms in total. The second-order valence-corrected chi connectivity index (χ2v) is 5.84. The first-order chi connectivity index (χ1) is 10.0. The smallest absolute Gasteiger partial charge is 0.246 e. The molecule has 112 valence electrons. The summed E-state index contributed by atoms with van der Waals surface area (Å²) < 4.78 is 8.16. The minimum atomic E-state index is -0.228. The van der Waals surface area contributed by atoms with E-state index in [1.165, 1.54) is 4.68 Å². The third kappa shape index (κ3) is 4.02. The van der Waals surface area contributed by atoms with Crippen molar-refractivity contribution >= 4 is 43.5 Å². The molecule has 3 N–H and O–H groups in total. The SMILES string of the molecule is COc1cc(NC(=O)Cn2cc(CN)nn2)c(Br)cc1Br. The van der Waals surface area contributed by atoms with Crippen LogP contribution in [0.25, 0.3) is 0 Å². The zero-order valence-electron chi connectivity index (χ0n) is 11.1. The van der Waals surface area contributed by atoms with Gasteiger partial charge >= 0.3 is 0 Å². The lowest BCUT2D eigenvalue weighted by molar-refractivity contribution is -0.116. The van der Waals surface area contributed by atoms with Crippen LogP contribution in [0.2, 0.25) is 0 Å². The monoisotopic (exact) mass is 417 g/mol. The normalized spacial score (nSPS) is 10.5. The highest BCUT2D eigenvalue weighted by Gasteiger charge is 2.11. The number of nitrogens with zero attached hydrogens (tertiary/aromatic N) is 3. The molecule has 1 aromatic heterocycles. The molecule has 0 atom stereocenters. The second-order valence-electron chi connectivity index (χ2n) is 4.13. The lowest BCUT2D eigenvalue weighted by Crippen LogP contribution is -2.19. The highest BCUT2D eigenvalue weighted by molar-refractivity contribution is 9.11. The first-order valence-electron chi connectivity index (χ1n) is 5.95. The lowest BCUT2D eigenvalue weighted by atomic mass is 10.3. The van der Waals surface area contributed by atoms with Crippen molar-refractivity contribution in [2.45, 2.75) is 13.1 Å². The van der Waals surface area contributed by atoms with Gasteiger partial charge in [-0.25, -0.2) is 4.68 Å². The highest BCUT2D eigenvalue weighted by Crippen LogP contribution is 2.34. The standard InChI is InChI=1S/C12H13Br2N5O2/c1-21-11-3-10(8(13)2-9(11)14)16-12(20)6-19-5-7(4-15)17-18-19/h2-3,5H,4,6,15H2,1H3,(H,16,20). The molecular weight excluding hydrogens is 406 g/mol. The summed E-state index contributed by atoms with van der Waals surface area (Å²) in [4.78, 5) is 12.0. The van der Waals surface area contributed by atoms with Crippen LogP contribution < -0.4 is 15.8 Å². The summed E-state index contributed by atoms with van der Waals surface area (Å²) in [6.07, 6.45) is 1.64. The van der Waals surface area contributed by atoms with Crippen molar-refractivity contribution in [3.05, 3.63) is 33.0 Å². The molecular formula is C12H13Br2N5O2. The Morgan fingerprint density at radius 3 is 2.81 bits per heavy atom. The van der Waals surface area contributed by atoms with Crippen molar-refractivity contribution in [1.29, 1.82) is 0 Å². The average Bonchev–Trinajstić information content (AvgIpc) is 2.89. The number of methoxy groups -OCH3 is 1. The van der Waals surface area contributed by atoms with Crippen LogP contribution in [0.4, 0.5) is 5.69 Å². The number of aromatic nitrogens is 3. The number of ether oxygens (including phenoxy) is 1. The van der Waals surface area contributed by atoms with E-state index < -0.39 is 0 Å². The summed E-state index contributed by atoms with van der Waals surface area (Å²) >= 11 is 6.76. The fourth-order valence-electron chi connectivity index (χ4n) is 1.63. The van der Waals surface area contributed by atoms with Crippen LogP contribution in [0.1, 0.15) is 5.69 Å². The van der Waals surface area contributed by atoms with Crippen molar-refractivity contribution in [2.24, 2.45) is 5.73 Å². The maximum atomic E-state index is 12.0. The maximum Gasteiger partial charge on any atom is 0.246 e. The lowest BCUT2D eigenvalue weighted by Gasteiger charge is -2.11. The predicted octanol–water partition coefficient (Wildman–Crippen LogP) is 1.91. The molecule has 0 radical (unpaired) electrons. The van der Waals surface area contributed by atoms with Gasteiger partial charge in [0.05, 0.1) is 29.2 Å². The summed E-state index contributed by atoms with van der Waals surface area (Å²) in [6, 6.07) is 3.52. The van der Waals surface area contributed by atoms with Crippen molar-refractivity contribution in [1.82, 2.24) is 15.0 Å². The van der Waals surface area contributed by atoms with Gasteiger partial charge in [-0.3, -0.25) is 4.79 Å². The molecule has 1 amide bonds. The van der Waals surface area contributed by atoms with Crippen LogP contribution in [0.15, 0.2) is 27.3 Å². The van der Waals surface area contributed by atoms with E-state index in [9.17, 15) is 4.79 Å². The average molecular weight is 419 g/mol. The van der Waals surface area contributed by atoms with Gasteiger partial charge in [0.25, 0.3) is 0 Å². The molecule has 0 aliphatic rings. The van der Waals surface area contributed by atoms with Gasteiger partial charge in [-0.1, -0.05) is 5.21 Å². The number of carbonyl (C=O) groups excluding carboxylic acids is 1. The number of nitrogens with two attached hydrogens (primary N) is 1. The van der Waals surface area contributed by atoms with Gasteiger partial charge in [0.1, 0.15) is 12.3 Å². The summed E-state index contributed by atoms with van der Waals surface area (Å²) in [6.45, 7) is 0.342. The number of anilines is 1. The number of benzene rings is 1. The molecule has 2 aromatic rings. The van der Waals surface area contributed by atoms with Crippen molar-refractivity contribution in [3.8, 4) is 5.75 Å². The van der Waals surface area contributed by atoms with Crippen LogP contribution in [-0.4, -0.2) is 28.0 Å². The molecule has 1 aromatic carbocycles. The number of hydrogen-bond donors (Lipinski definition) is 2. The van der Waals surface area contributed by atoms with Gasteiger partial charge in [-0.15, -0.1) is 5.10 Å². The molecule has 1 heterocycles. The summed E-state index contributed by atoms with van der Waals surface area (Å²) in [5.74, 6) is 0.397. The van der Waals surface area contributed by atoms with Crippen molar-refractivity contribution in [3.63, 3.8) is 0 Å². The molecule has 21 heavy (non-hydrogen) atoms. The summed E-state index contributed by atoms with van der Waals surface area (Å²) in [5.41, 5.74) is 6.69. The Bertz CT molecular complexity index is 659. The fraction of sp³-hybridized carbons (Fsp3) is 0.250. The van der Waals surface area contributed by atoms with E-state index in [4.69, 9.17) is 10.5 Å². The molecule has 0 spiro atoms. The second kappa shape index (κ2) is 7.01. The van der Waals surface area contributed by atoms with Gasteiger partial charge < -0.3 is 15.8 Å². The van der Waals surface area contributed by atoms with Crippen LogP contribution in [-0.2, 0) is 17.9 Å². The van der Waals surface area contributed by atoms with Gasteiger partial charge in [0, 0.05) is 17.1 Å². The predicted molar refractivity (Wildman–Crippen MR) is 84.9 cm³/mol. The third-order valence-corrected chi connectivity index (χ3v) is 3.89. The number of amides is 1. The zero-order chi connectivity index (χ0) is 15.4. The Morgan fingerprint density at radius 2 is 2.19 bits per heavy atom. The largest absolute Gasteiger partial charge is 0.495 e. The first kappa shape index (κ1) is 15.9. The van der Waals surface area contributed by atoms with E-state index in [0.717, 1.165) is 8.95 Å². The molecule has 0 unspecified atom stereocenters. The molecule has 0 aliphatic carbocycles. The molecule has 0 fully saturated rings. The Hall–Kier alpha value is -1.45. The Morgan fingerprint density at radius 1 is 1.43 bits per heavy atom. The van der Waals surface area contributed by atoms with Gasteiger partial charge in [-0.2, -0.15) is 0 Å². The number of nitrogens with one attached hydrogen (secondary N) is 1. The number of rotatable bonds is 5. The molecule has 2 rings (SSSR count). The molecule has 9 heteroatoms. The maximum absolute atomic E-state index is 12.0. The van der Waals surface area contributed by atoms with Crippen LogP contribution in [0, 0.1) is 0 Å². The van der Waals surface area contributed by atoms with E-state index >= 15 is 0 Å². The Balaban J connectivity index is 2.08. The van der Waals surface area contributed by atoms with Gasteiger partial charge in [-0.05, 0) is 37.9 Å². The number of hydrogen-bond acceptors (Lipinski definition) is 5. The minimum Gasteiger partial charge on any atom is -0.495 e. The zero-order valence-corrected chi connectivity index (χ0v) is 14.3. The molecule has 0 bridgehead atoms. The third-order valence-electron chi connectivity index (χ3n) is 2.62. The highest BCUT2D eigenvalue weighted by atomic mass is 79.9. The van der Waals surface area contributed by atoms with E-state index in [1.807, 2.05) is 0 Å². The van der Waals surface area contributed by atoms with Crippen LogP contribution in [0.5, 0.6) is 5.75 Å². The molecule has 0 saturated heterocycles. The van der Waals surface area contributed by atoms with E-state index in [1.54, 1.807) is 25.4 Å². The van der Waals surface area contributed by atoms with Crippen molar-refractivity contribution < 1.29 is 9.53 Å². The summed E-state index contributed by atoms with van der Waals surface area (Å²) in [7, 11) is 1.56. The van der Waals surface area contributed by atoms with E-state index in [0.29, 0.717) is 17.1 Å². The number of carbonyl (C=O) groups is 1. The number of halogens is 2. The van der Waals surface area contributed by atoms with Gasteiger partial charge in [0.2, 0.25) is 5.91 Å². The topological polar surface area (TPSA) is 95.1 Å².